The molecule has 2 aromatic rings. The third-order valence-electron chi connectivity index (χ3n) is 2.50. The van der Waals surface area contributed by atoms with E-state index in [-0.39, 0.29) is 4.90 Å². The van der Waals surface area contributed by atoms with Crippen molar-refractivity contribution in [1.82, 2.24) is 9.55 Å². The Morgan fingerprint density at radius 3 is 2.56 bits per heavy atom. The second kappa shape index (κ2) is 5.14. The van der Waals surface area contributed by atoms with Crippen molar-refractivity contribution < 1.29 is 4.74 Å². The van der Waals surface area contributed by atoms with Crippen molar-refractivity contribution in [2.45, 2.75) is 11.4 Å². The van der Waals surface area contributed by atoms with Gasteiger partial charge < -0.3 is 4.74 Å². The molecule has 0 atom stereocenters. The molecule has 0 aliphatic heterocycles. The second-order valence-corrected chi connectivity index (χ2v) is 4.23. The Morgan fingerprint density at radius 2 is 1.94 bits per heavy atom. The van der Waals surface area contributed by atoms with E-state index in [1.165, 1.54) is 10.8 Å². The zero-order chi connectivity index (χ0) is 13.1. The monoisotopic (exact) mass is 264 g/mol. The lowest BCUT2D eigenvalue weighted by Crippen LogP contribution is -2.30. The van der Waals surface area contributed by atoms with Crippen molar-refractivity contribution in [2.75, 3.05) is 7.11 Å². The van der Waals surface area contributed by atoms with Gasteiger partial charge >= 0.3 is 5.69 Å². The van der Waals surface area contributed by atoms with Gasteiger partial charge in [0.05, 0.1) is 18.6 Å². The molecule has 94 valence electrons. The number of nitrogens with one attached hydrogen (secondary N) is 1. The Hall–Kier alpha value is -1.95. The lowest BCUT2D eigenvalue weighted by atomic mass is 10.2. The van der Waals surface area contributed by atoms with Gasteiger partial charge in [-0.25, -0.2) is 4.79 Å². The first kappa shape index (κ1) is 12.5. The van der Waals surface area contributed by atoms with Crippen LogP contribution in [0.15, 0.2) is 44.9 Å². The number of ether oxygens (including phenoxy) is 1. The molecule has 6 heteroatoms. The highest BCUT2D eigenvalue weighted by atomic mass is 32.1. The first-order valence-corrected chi connectivity index (χ1v) is 5.70. The molecule has 1 aromatic carbocycles. The fourth-order valence-corrected chi connectivity index (χ4v) is 1.74. The van der Waals surface area contributed by atoms with Crippen LogP contribution in [0.5, 0.6) is 5.75 Å². The van der Waals surface area contributed by atoms with Gasteiger partial charge in [-0.05, 0) is 17.7 Å². The van der Waals surface area contributed by atoms with Crippen LogP contribution in [0.25, 0.3) is 0 Å². The average Bonchev–Trinajstić information content (AvgIpc) is 2.37. The molecule has 0 amide bonds. The Morgan fingerprint density at radius 1 is 1.28 bits per heavy atom. The van der Waals surface area contributed by atoms with Crippen LogP contribution < -0.4 is 16.0 Å². The zero-order valence-electron chi connectivity index (χ0n) is 9.71. The van der Waals surface area contributed by atoms with Gasteiger partial charge in [0.2, 0.25) is 0 Å². The molecule has 0 radical (unpaired) electrons. The molecule has 0 aliphatic carbocycles. The van der Waals surface area contributed by atoms with Crippen LogP contribution in [0, 0.1) is 0 Å². The largest absolute Gasteiger partial charge is 0.497 e. The lowest BCUT2D eigenvalue weighted by molar-refractivity contribution is 0.414. The highest BCUT2D eigenvalue weighted by Crippen LogP contribution is 2.11. The number of hydrogen-bond acceptors (Lipinski definition) is 4. The maximum Gasteiger partial charge on any atom is 0.328 e. The van der Waals surface area contributed by atoms with Crippen molar-refractivity contribution in [1.29, 1.82) is 0 Å². The summed E-state index contributed by atoms with van der Waals surface area (Å²) in [6, 6.07) is 7.34. The number of H-pyrrole nitrogens is 1. The first-order valence-electron chi connectivity index (χ1n) is 5.26. The minimum absolute atomic E-state index is 0.211. The molecule has 1 N–H and O–H groups in total. The van der Waals surface area contributed by atoms with E-state index in [0.717, 1.165) is 11.3 Å². The predicted octanol–water partition coefficient (Wildman–Crippen LogP) is 0.882. The highest BCUT2D eigenvalue weighted by molar-refractivity contribution is 7.80. The first-order chi connectivity index (χ1) is 8.60. The van der Waals surface area contributed by atoms with Crippen LogP contribution in [-0.4, -0.2) is 16.7 Å². The van der Waals surface area contributed by atoms with Crippen molar-refractivity contribution in [3.63, 3.8) is 0 Å². The number of aromatic amines is 1. The topological polar surface area (TPSA) is 64.1 Å². The zero-order valence-corrected chi connectivity index (χ0v) is 10.6. The van der Waals surface area contributed by atoms with Crippen molar-refractivity contribution >= 4 is 12.6 Å². The van der Waals surface area contributed by atoms with Gasteiger partial charge in [-0.1, -0.05) is 12.1 Å². The predicted molar refractivity (Wildman–Crippen MR) is 70.7 cm³/mol. The Bertz CT molecular complexity index is 658. The molecule has 5 nitrogen and oxygen atoms in total. The number of methoxy groups -OCH3 is 1. The van der Waals surface area contributed by atoms with E-state index >= 15 is 0 Å². The number of thiol groups is 1. The molecule has 2 rings (SSSR count). The van der Waals surface area contributed by atoms with E-state index in [4.69, 9.17) is 4.74 Å². The normalized spacial score (nSPS) is 10.3. The van der Waals surface area contributed by atoms with E-state index in [2.05, 4.69) is 17.6 Å². The van der Waals surface area contributed by atoms with Gasteiger partial charge in [0.1, 0.15) is 5.75 Å². The minimum atomic E-state index is -0.477. The summed E-state index contributed by atoms with van der Waals surface area (Å²) in [5, 5.41) is 0. The van der Waals surface area contributed by atoms with Gasteiger partial charge in [-0.3, -0.25) is 14.3 Å². The van der Waals surface area contributed by atoms with Gasteiger partial charge in [0.25, 0.3) is 5.56 Å². The van der Waals surface area contributed by atoms with Crippen LogP contribution in [0.1, 0.15) is 5.56 Å². The summed E-state index contributed by atoms with van der Waals surface area (Å²) in [7, 11) is 1.59. The maximum atomic E-state index is 11.6. The Kier molecular flexibility index (Phi) is 3.57. The molecule has 0 spiro atoms. The van der Waals surface area contributed by atoms with Crippen LogP contribution in [0.4, 0.5) is 0 Å². The molecule has 18 heavy (non-hydrogen) atoms. The molecule has 1 heterocycles. The lowest BCUT2D eigenvalue weighted by Gasteiger charge is -2.06. The number of rotatable bonds is 3. The van der Waals surface area contributed by atoms with E-state index in [1.807, 2.05) is 24.3 Å². The molecule has 0 saturated heterocycles. The van der Waals surface area contributed by atoms with Gasteiger partial charge in [0, 0.05) is 6.20 Å². The summed E-state index contributed by atoms with van der Waals surface area (Å²) in [6.45, 7) is 0.368. The van der Waals surface area contributed by atoms with E-state index in [1.54, 1.807) is 7.11 Å². The third kappa shape index (κ3) is 2.65. The van der Waals surface area contributed by atoms with Crippen LogP contribution >= 0.6 is 12.6 Å². The Balaban J connectivity index is 2.31. The van der Waals surface area contributed by atoms with E-state index < -0.39 is 11.2 Å². The fourth-order valence-electron chi connectivity index (χ4n) is 1.54. The van der Waals surface area contributed by atoms with Gasteiger partial charge in [-0.2, -0.15) is 0 Å². The summed E-state index contributed by atoms with van der Waals surface area (Å²) < 4.78 is 6.44. The summed E-state index contributed by atoms with van der Waals surface area (Å²) in [5.74, 6) is 0.752. The highest BCUT2D eigenvalue weighted by Gasteiger charge is 2.02. The van der Waals surface area contributed by atoms with Crippen molar-refractivity contribution in [3.05, 3.63) is 56.9 Å². The third-order valence-corrected chi connectivity index (χ3v) is 2.82. The van der Waals surface area contributed by atoms with Crippen LogP contribution in [-0.2, 0) is 6.54 Å². The quantitative estimate of drug-likeness (QED) is 0.809. The van der Waals surface area contributed by atoms with E-state index in [0.29, 0.717) is 6.54 Å². The number of nitrogens with zero attached hydrogens (tertiary/aromatic N) is 1. The van der Waals surface area contributed by atoms with Crippen molar-refractivity contribution in [2.24, 2.45) is 0 Å². The number of aromatic nitrogens is 2. The molecule has 0 unspecified atom stereocenters. The molecule has 0 fully saturated rings. The SMILES string of the molecule is COc1ccc(Cn2cc(S)c(=O)[nH]c2=O)cc1. The minimum Gasteiger partial charge on any atom is -0.497 e. The number of benzene rings is 1. The fraction of sp³-hybridized carbons (Fsp3) is 0.167. The smallest absolute Gasteiger partial charge is 0.328 e. The van der Waals surface area contributed by atoms with Crippen molar-refractivity contribution in [3.8, 4) is 5.75 Å². The van der Waals surface area contributed by atoms with Crippen LogP contribution in [0.3, 0.4) is 0 Å². The van der Waals surface area contributed by atoms with Gasteiger partial charge in [-0.15, -0.1) is 12.6 Å². The average molecular weight is 264 g/mol. The van der Waals surface area contributed by atoms with Gasteiger partial charge in [0.15, 0.2) is 0 Å². The number of hydrogen-bond donors (Lipinski definition) is 2. The Labute approximate surface area is 108 Å². The standard InChI is InChI=1S/C12H12N2O3S/c1-17-9-4-2-8(3-5-9)6-14-7-10(18)11(15)13-12(14)16/h2-5,7,18H,6H2,1H3,(H,13,15,16). The molecule has 0 saturated carbocycles. The molecule has 0 aliphatic rings. The summed E-state index contributed by atoms with van der Waals surface area (Å²) in [5.41, 5.74) is 0.000569. The van der Waals surface area contributed by atoms with E-state index in [9.17, 15) is 9.59 Å². The second-order valence-electron chi connectivity index (χ2n) is 3.75. The maximum absolute atomic E-state index is 11.6. The molecule has 1 aromatic heterocycles. The van der Waals surface area contributed by atoms with Crippen LogP contribution in [0.2, 0.25) is 0 Å². The molecular formula is C12H12N2O3S. The molecule has 0 bridgehead atoms. The summed E-state index contributed by atoms with van der Waals surface area (Å²) in [6.07, 6.45) is 1.43. The summed E-state index contributed by atoms with van der Waals surface area (Å²) >= 11 is 3.99. The summed E-state index contributed by atoms with van der Waals surface area (Å²) in [4.78, 5) is 25.1. The molecular weight excluding hydrogens is 252 g/mol.